The molecule has 0 aromatic carbocycles. The van der Waals surface area contributed by atoms with Gasteiger partial charge in [0.25, 0.3) is 0 Å². The van der Waals surface area contributed by atoms with E-state index in [1.807, 2.05) is 28.8 Å². The van der Waals surface area contributed by atoms with Crippen LogP contribution in [-0.4, -0.2) is 77.9 Å². The molecule has 0 spiro atoms. The summed E-state index contributed by atoms with van der Waals surface area (Å²) in [7, 11) is 1.79. The SMILES string of the molecule is CN=C(NCCc1nnc2ccccn12)NCC1CN(CC(C)C)CCO1.I. The normalized spacial score (nSPS) is 18.3. The lowest BCUT2D eigenvalue weighted by molar-refractivity contribution is -0.0284. The van der Waals surface area contributed by atoms with E-state index in [0.29, 0.717) is 5.92 Å². The number of halogens is 1. The zero-order valence-corrected chi connectivity index (χ0v) is 19.3. The van der Waals surface area contributed by atoms with Gasteiger partial charge in [-0.25, -0.2) is 0 Å². The minimum absolute atomic E-state index is 0. The fourth-order valence-electron chi connectivity index (χ4n) is 3.37. The molecule has 1 aliphatic rings. The van der Waals surface area contributed by atoms with Gasteiger partial charge in [0.1, 0.15) is 5.82 Å². The molecule has 1 aliphatic heterocycles. The van der Waals surface area contributed by atoms with Crippen molar-refractivity contribution in [2.45, 2.75) is 26.4 Å². The first-order valence-electron chi connectivity index (χ1n) is 9.73. The van der Waals surface area contributed by atoms with Gasteiger partial charge < -0.3 is 15.4 Å². The van der Waals surface area contributed by atoms with Gasteiger partial charge in [-0.15, -0.1) is 34.2 Å². The van der Waals surface area contributed by atoms with Crippen molar-refractivity contribution < 1.29 is 4.74 Å². The highest BCUT2D eigenvalue weighted by molar-refractivity contribution is 14.0. The summed E-state index contributed by atoms with van der Waals surface area (Å²) < 4.78 is 7.90. The number of fused-ring (bicyclic) bond motifs is 1. The smallest absolute Gasteiger partial charge is 0.191 e. The summed E-state index contributed by atoms with van der Waals surface area (Å²) >= 11 is 0. The summed E-state index contributed by atoms with van der Waals surface area (Å²) in [6.07, 6.45) is 2.95. The molecular weight excluding hydrogens is 469 g/mol. The molecule has 3 rings (SSSR count). The van der Waals surface area contributed by atoms with Gasteiger partial charge >= 0.3 is 0 Å². The predicted molar refractivity (Wildman–Crippen MR) is 122 cm³/mol. The Balaban J connectivity index is 0.00000280. The van der Waals surface area contributed by atoms with Crippen LogP contribution < -0.4 is 10.6 Å². The number of nitrogens with one attached hydrogen (secondary N) is 2. The molecule has 0 bridgehead atoms. The maximum absolute atomic E-state index is 5.89. The molecule has 0 radical (unpaired) electrons. The monoisotopic (exact) mass is 501 g/mol. The number of hydrogen-bond donors (Lipinski definition) is 2. The number of nitrogens with zero attached hydrogens (tertiary/aromatic N) is 5. The Labute approximate surface area is 184 Å². The lowest BCUT2D eigenvalue weighted by atomic mass is 10.2. The van der Waals surface area contributed by atoms with Crippen molar-refractivity contribution in [2.24, 2.45) is 10.9 Å². The van der Waals surface area contributed by atoms with Gasteiger partial charge in [0.15, 0.2) is 11.6 Å². The number of hydrogen-bond acceptors (Lipinski definition) is 5. The van der Waals surface area contributed by atoms with Crippen LogP contribution in [0.5, 0.6) is 0 Å². The lowest BCUT2D eigenvalue weighted by Gasteiger charge is -2.34. The van der Waals surface area contributed by atoms with Gasteiger partial charge in [-0.1, -0.05) is 19.9 Å². The van der Waals surface area contributed by atoms with Gasteiger partial charge in [0.05, 0.1) is 12.7 Å². The molecular formula is C19H32IN7O. The first kappa shape index (κ1) is 22.8. The van der Waals surface area contributed by atoms with Crippen LogP contribution in [0.2, 0.25) is 0 Å². The summed E-state index contributed by atoms with van der Waals surface area (Å²) in [5.41, 5.74) is 0.871. The number of pyridine rings is 1. The Bertz CT molecular complexity index is 749. The first-order valence-corrected chi connectivity index (χ1v) is 9.73. The predicted octanol–water partition coefficient (Wildman–Crippen LogP) is 1.41. The molecule has 3 heterocycles. The number of guanidine groups is 1. The Morgan fingerprint density at radius 1 is 1.32 bits per heavy atom. The molecule has 0 amide bonds. The van der Waals surface area contributed by atoms with Crippen LogP contribution in [0, 0.1) is 5.92 Å². The molecule has 156 valence electrons. The van der Waals surface area contributed by atoms with Crippen molar-refractivity contribution in [1.29, 1.82) is 0 Å². The maximum atomic E-state index is 5.89. The van der Waals surface area contributed by atoms with Gasteiger partial charge in [0.2, 0.25) is 0 Å². The summed E-state index contributed by atoms with van der Waals surface area (Å²) in [5.74, 6) is 2.40. The molecule has 9 heteroatoms. The van der Waals surface area contributed by atoms with E-state index in [1.165, 1.54) is 0 Å². The second-order valence-corrected chi connectivity index (χ2v) is 7.32. The van der Waals surface area contributed by atoms with E-state index >= 15 is 0 Å². The largest absolute Gasteiger partial charge is 0.374 e. The minimum Gasteiger partial charge on any atom is -0.374 e. The van der Waals surface area contributed by atoms with E-state index in [2.05, 4.69) is 44.6 Å². The van der Waals surface area contributed by atoms with Crippen LogP contribution in [0.1, 0.15) is 19.7 Å². The first-order chi connectivity index (χ1) is 13.2. The fraction of sp³-hybridized carbons (Fsp3) is 0.632. The summed E-state index contributed by atoms with van der Waals surface area (Å²) in [5, 5.41) is 15.2. The van der Waals surface area contributed by atoms with Gasteiger partial charge in [0, 0.05) is 52.4 Å². The minimum atomic E-state index is 0. The standard InChI is InChI=1S/C19H31N7O.HI/c1-15(2)13-25-10-11-27-16(14-25)12-22-19(20-3)21-8-7-18-24-23-17-6-4-5-9-26(17)18;/h4-6,9,15-16H,7-8,10-14H2,1-3H3,(H2,20,21,22);1H. The van der Waals surface area contributed by atoms with Gasteiger partial charge in [-0.2, -0.15) is 0 Å². The Kier molecular flexibility index (Phi) is 9.39. The highest BCUT2D eigenvalue weighted by Crippen LogP contribution is 2.07. The molecule has 8 nitrogen and oxygen atoms in total. The molecule has 1 saturated heterocycles. The molecule has 2 aromatic rings. The Hall–Kier alpha value is -1.46. The number of aromatic nitrogens is 3. The highest BCUT2D eigenvalue weighted by Gasteiger charge is 2.21. The van der Waals surface area contributed by atoms with E-state index in [9.17, 15) is 0 Å². The van der Waals surface area contributed by atoms with Crippen molar-refractivity contribution in [3.8, 4) is 0 Å². The Morgan fingerprint density at radius 3 is 2.96 bits per heavy atom. The van der Waals surface area contributed by atoms with E-state index in [1.54, 1.807) is 7.05 Å². The molecule has 1 fully saturated rings. The second-order valence-electron chi connectivity index (χ2n) is 7.32. The molecule has 28 heavy (non-hydrogen) atoms. The van der Waals surface area contributed by atoms with Crippen molar-refractivity contribution >= 4 is 35.6 Å². The number of morpholine rings is 1. The van der Waals surface area contributed by atoms with Crippen LogP contribution >= 0.6 is 24.0 Å². The average Bonchev–Trinajstić information content (AvgIpc) is 3.07. The lowest BCUT2D eigenvalue weighted by Crippen LogP contribution is -2.50. The zero-order valence-electron chi connectivity index (χ0n) is 17.0. The summed E-state index contributed by atoms with van der Waals surface area (Å²) in [6, 6.07) is 5.91. The summed E-state index contributed by atoms with van der Waals surface area (Å²) in [4.78, 5) is 6.78. The molecule has 2 aromatic heterocycles. The van der Waals surface area contributed by atoms with E-state index in [0.717, 1.165) is 63.2 Å². The van der Waals surface area contributed by atoms with Crippen LogP contribution in [0.15, 0.2) is 29.4 Å². The number of aliphatic imine (C=N–C) groups is 1. The van der Waals surface area contributed by atoms with Gasteiger partial charge in [-0.3, -0.25) is 14.3 Å². The highest BCUT2D eigenvalue weighted by atomic mass is 127. The van der Waals surface area contributed by atoms with E-state index in [4.69, 9.17) is 4.74 Å². The van der Waals surface area contributed by atoms with Crippen LogP contribution in [0.4, 0.5) is 0 Å². The van der Waals surface area contributed by atoms with Crippen LogP contribution in [0.3, 0.4) is 0 Å². The third-order valence-corrected chi connectivity index (χ3v) is 4.59. The van der Waals surface area contributed by atoms with Crippen molar-refractivity contribution in [3.05, 3.63) is 30.2 Å². The quantitative estimate of drug-likeness (QED) is 0.340. The Morgan fingerprint density at radius 2 is 2.18 bits per heavy atom. The van der Waals surface area contributed by atoms with Crippen molar-refractivity contribution in [3.63, 3.8) is 0 Å². The van der Waals surface area contributed by atoms with Gasteiger partial charge in [-0.05, 0) is 18.1 Å². The van der Waals surface area contributed by atoms with Crippen LogP contribution in [0.25, 0.3) is 5.65 Å². The number of ether oxygens (including phenoxy) is 1. The summed E-state index contributed by atoms with van der Waals surface area (Å²) in [6.45, 7) is 9.91. The molecule has 1 atom stereocenters. The molecule has 0 aliphatic carbocycles. The van der Waals surface area contributed by atoms with E-state index < -0.39 is 0 Å². The van der Waals surface area contributed by atoms with Crippen molar-refractivity contribution in [2.75, 3.05) is 46.4 Å². The second kappa shape index (κ2) is 11.5. The molecule has 0 saturated carbocycles. The topological polar surface area (TPSA) is 79.1 Å². The third-order valence-electron chi connectivity index (χ3n) is 4.59. The third kappa shape index (κ3) is 6.56. The molecule has 1 unspecified atom stereocenters. The zero-order chi connectivity index (χ0) is 19.1. The number of rotatable bonds is 7. The fourth-order valence-corrected chi connectivity index (χ4v) is 3.37. The average molecular weight is 501 g/mol. The van der Waals surface area contributed by atoms with Crippen molar-refractivity contribution in [1.82, 2.24) is 30.1 Å². The van der Waals surface area contributed by atoms with Crippen LogP contribution in [-0.2, 0) is 11.2 Å². The van der Waals surface area contributed by atoms with E-state index in [-0.39, 0.29) is 30.1 Å². The molecule has 2 N–H and O–H groups in total. The maximum Gasteiger partial charge on any atom is 0.191 e.